The van der Waals surface area contributed by atoms with E-state index in [-0.39, 0.29) is 11.6 Å². The molecule has 1 saturated heterocycles. The predicted octanol–water partition coefficient (Wildman–Crippen LogP) is 3.29. The molecule has 0 atom stereocenters. The minimum Gasteiger partial charge on any atom is -0.370 e. The van der Waals surface area contributed by atoms with Crippen molar-refractivity contribution in [3.63, 3.8) is 0 Å². The lowest BCUT2D eigenvalue weighted by Gasteiger charge is -2.34. The van der Waals surface area contributed by atoms with E-state index < -0.39 is 20.2 Å². The van der Waals surface area contributed by atoms with Gasteiger partial charge in [0.15, 0.2) is 0 Å². The zero-order valence-corrected chi connectivity index (χ0v) is 15.2. The molecular weight excluding hydrogens is 381 g/mol. The monoisotopic (exact) mass is 400 g/mol. The van der Waals surface area contributed by atoms with Gasteiger partial charge in [0.1, 0.15) is 12.2 Å². The largest absolute Gasteiger partial charge is 0.501 e. The van der Waals surface area contributed by atoms with E-state index in [1.54, 1.807) is 17.3 Å². The van der Waals surface area contributed by atoms with Gasteiger partial charge in [-0.15, -0.1) is 10.2 Å². The van der Waals surface area contributed by atoms with Crippen molar-refractivity contribution in [2.45, 2.75) is 48.0 Å². The molecule has 0 spiro atoms. The molecule has 0 N–H and O–H groups in total. The lowest BCUT2D eigenvalue weighted by Crippen LogP contribution is -2.35. The minimum absolute atomic E-state index is 0.108. The van der Waals surface area contributed by atoms with E-state index in [1.165, 1.54) is 12.1 Å². The molecule has 2 heterocycles. The highest BCUT2D eigenvalue weighted by Crippen LogP contribution is 2.40. The molecule has 1 aliphatic heterocycles. The molecule has 146 valence electrons. The Kier molecular flexibility index (Phi) is 4.40. The molecular formula is C17H19F3N4O2S. The quantitative estimate of drug-likeness (QED) is 0.788. The highest BCUT2D eigenvalue weighted by atomic mass is 32.2. The van der Waals surface area contributed by atoms with Crippen LogP contribution in [0.5, 0.6) is 0 Å². The van der Waals surface area contributed by atoms with Crippen LogP contribution in [0.2, 0.25) is 0 Å². The van der Waals surface area contributed by atoms with E-state index in [4.69, 9.17) is 0 Å². The third-order valence-corrected chi connectivity index (χ3v) is 6.73. The highest BCUT2D eigenvalue weighted by Gasteiger charge is 2.48. The smallest absolute Gasteiger partial charge is 0.370 e. The fourth-order valence-electron chi connectivity index (χ4n) is 3.63. The van der Waals surface area contributed by atoms with E-state index >= 15 is 0 Å². The number of benzene rings is 1. The molecule has 0 unspecified atom stereocenters. The van der Waals surface area contributed by atoms with Gasteiger partial charge in [0.2, 0.25) is 0 Å². The summed E-state index contributed by atoms with van der Waals surface area (Å²) in [5.41, 5.74) is -5.21. The molecule has 4 rings (SSSR count). The number of anilines is 1. The standard InChI is InChI=1S/C17H19F3N4O2S/c18-17(19,20)27(25,26)15-4-2-1-3-14(15)23-9-7-12(8-10-23)16-22-21-11-24(16)13-5-6-13/h1-4,11-13H,5-10H2. The number of sulfone groups is 1. The molecule has 0 radical (unpaired) electrons. The number of hydrogen-bond acceptors (Lipinski definition) is 5. The van der Waals surface area contributed by atoms with E-state index in [0.717, 1.165) is 24.7 Å². The van der Waals surface area contributed by atoms with Crippen LogP contribution < -0.4 is 4.90 Å². The SMILES string of the molecule is O=S(=O)(c1ccccc1N1CCC(c2nncn2C2CC2)CC1)C(F)(F)F. The summed E-state index contributed by atoms with van der Waals surface area (Å²) in [6.45, 7) is 0.930. The van der Waals surface area contributed by atoms with E-state index in [9.17, 15) is 21.6 Å². The molecule has 1 aliphatic carbocycles. The molecule has 27 heavy (non-hydrogen) atoms. The van der Waals surface area contributed by atoms with Crippen LogP contribution in [-0.2, 0) is 9.84 Å². The minimum atomic E-state index is -5.39. The Morgan fingerprint density at radius 3 is 2.33 bits per heavy atom. The van der Waals surface area contributed by atoms with Gasteiger partial charge >= 0.3 is 5.51 Å². The number of halogens is 3. The maximum atomic E-state index is 13.0. The van der Waals surface area contributed by atoms with Crippen LogP contribution in [-0.4, -0.2) is 41.8 Å². The third-order valence-electron chi connectivity index (χ3n) is 5.20. The van der Waals surface area contributed by atoms with Crippen LogP contribution in [0.3, 0.4) is 0 Å². The number of rotatable bonds is 4. The average molecular weight is 400 g/mol. The number of para-hydroxylation sites is 1. The molecule has 2 fully saturated rings. The molecule has 6 nitrogen and oxygen atoms in total. The zero-order valence-electron chi connectivity index (χ0n) is 14.4. The van der Waals surface area contributed by atoms with Crippen molar-refractivity contribution in [3.8, 4) is 0 Å². The maximum Gasteiger partial charge on any atom is 0.501 e. The molecule has 1 aromatic heterocycles. The van der Waals surface area contributed by atoms with Crippen molar-refractivity contribution in [2.24, 2.45) is 0 Å². The first-order valence-corrected chi connectivity index (χ1v) is 10.3. The molecule has 0 bridgehead atoms. The van der Waals surface area contributed by atoms with E-state index in [1.807, 2.05) is 0 Å². The number of piperidine rings is 1. The van der Waals surface area contributed by atoms with Crippen molar-refractivity contribution in [2.75, 3.05) is 18.0 Å². The number of hydrogen-bond donors (Lipinski definition) is 0. The summed E-state index contributed by atoms with van der Waals surface area (Å²) in [6, 6.07) is 5.79. The van der Waals surface area contributed by atoms with Gasteiger partial charge < -0.3 is 9.47 Å². The van der Waals surface area contributed by atoms with Gasteiger partial charge in [0.05, 0.1) is 10.6 Å². The summed E-state index contributed by atoms with van der Waals surface area (Å²) >= 11 is 0. The summed E-state index contributed by atoms with van der Waals surface area (Å²) in [7, 11) is -5.39. The van der Waals surface area contributed by atoms with Gasteiger partial charge in [0, 0.05) is 25.0 Å². The van der Waals surface area contributed by atoms with Crippen LogP contribution in [0, 0.1) is 0 Å². The first-order valence-electron chi connectivity index (χ1n) is 8.84. The molecule has 1 saturated carbocycles. The summed E-state index contributed by atoms with van der Waals surface area (Å²) in [4.78, 5) is 1.03. The molecule has 2 aromatic rings. The topological polar surface area (TPSA) is 68.1 Å². The normalized spacial score (nSPS) is 19.4. The lowest BCUT2D eigenvalue weighted by molar-refractivity contribution is -0.0435. The molecule has 10 heteroatoms. The van der Waals surface area contributed by atoms with Crippen LogP contribution in [0.25, 0.3) is 0 Å². The lowest BCUT2D eigenvalue weighted by atomic mass is 9.95. The van der Waals surface area contributed by atoms with Gasteiger partial charge in [-0.3, -0.25) is 0 Å². The first kappa shape index (κ1) is 18.3. The summed E-state index contributed by atoms with van der Waals surface area (Å²) < 4.78 is 65.0. The van der Waals surface area contributed by atoms with E-state index in [0.29, 0.717) is 32.0 Å². The first-order chi connectivity index (χ1) is 12.8. The Labute approximate surface area is 154 Å². The summed E-state index contributed by atoms with van der Waals surface area (Å²) in [5.74, 6) is 1.10. The van der Waals surface area contributed by atoms with Gasteiger partial charge in [-0.05, 0) is 37.8 Å². The Hall–Kier alpha value is -2.10. The second kappa shape index (κ2) is 6.50. The van der Waals surface area contributed by atoms with Crippen LogP contribution in [0.15, 0.2) is 35.5 Å². The van der Waals surface area contributed by atoms with Gasteiger partial charge in [-0.2, -0.15) is 13.2 Å². The summed E-state index contributed by atoms with van der Waals surface area (Å²) in [6.07, 6.45) is 5.35. The average Bonchev–Trinajstić information content (AvgIpc) is 3.37. The van der Waals surface area contributed by atoms with Crippen molar-refractivity contribution >= 4 is 15.5 Å². The second-order valence-electron chi connectivity index (χ2n) is 7.01. The fourth-order valence-corrected chi connectivity index (χ4v) is 4.61. The fraction of sp³-hybridized carbons (Fsp3) is 0.529. The Morgan fingerprint density at radius 1 is 1.04 bits per heavy atom. The van der Waals surface area contributed by atoms with Crippen LogP contribution >= 0.6 is 0 Å². The van der Waals surface area contributed by atoms with Crippen LogP contribution in [0.4, 0.5) is 18.9 Å². The predicted molar refractivity (Wildman–Crippen MR) is 92.2 cm³/mol. The molecule has 0 amide bonds. The Morgan fingerprint density at radius 2 is 1.70 bits per heavy atom. The zero-order chi connectivity index (χ0) is 19.2. The summed E-state index contributed by atoms with van der Waals surface area (Å²) in [5, 5.41) is 8.24. The van der Waals surface area contributed by atoms with E-state index in [2.05, 4.69) is 14.8 Å². The number of nitrogens with zero attached hydrogens (tertiary/aromatic N) is 4. The second-order valence-corrected chi connectivity index (χ2v) is 8.92. The van der Waals surface area contributed by atoms with Gasteiger partial charge in [0.25, 0.3) is 9.84 Å². The van der Waals surface area contributed by atoms with Crippen molar-refractivity contribution < 1.29 is 21.6 Å². The van der Waals surface area contributed by atoms with Crippen molar-refractivity contribution in [1.82, 2.24) is 14.8 Å². The van der Waals surface area contributed by atoms with Gasteiger partial charge in [-0.25, -0.2) is 8.42 Å². The van der Waals surface area contributed by atoms with Crippen LogP contribution in [0.1, 0.15) is 43.5 Å². The van der Waals surface area contributed by atoms with Gasteiger partial charge in [-0.1, -0.05) is 12.1 Å². The maximum absolute atomic E-state index is 13.0. The number of aromatic nitrogens is 3. The highest BCUT2D eigenvalue weighted by molar-refractivity contribution is 7.92. The third kappa shape index (κ3) is 3.30. The Balaban J connectivity index is 1.55. The molecule has 2 aliphatic rings. The van der Waals surface area contributed by atoms with Crippen molar-refractivity contribution in [1.29, 1.82) is 0 Å². The van der Waals surface area contributed by atoms with Crippen molar-refractivity contribution in [3.05, 3.63) is 36.4 Å². The molecule has 1 aromatic carbocycles. The Bertz CT molecular complexity index is 930. The number of alkyl halides is 3.